The zero-order valence-electron chi connectivity index (χ0n) is 15.8. The molecule has 1 fully saturated rings. The average molecular weight is 351 g/mol. The van der Waals surface area contributed by atoms with E-state index in [2.05, 4.69) is 34.4 Å². The van der Waals surface area contributed by atoms with E-state index < -0.39 is 0 Å². The van der Waals surface area contributed by atoms with E-state index >= 15 is 0 Å². The second-order valence-corrected chi connectivity index (χ2v) is 9.01. The first-order valence-corrected chi connectivity index (χ1v) is 11.5. The molecule has 1 aliphatic rings. The lowest BCUT2D eigenvalue weighted by Gasteiger charge is -2.23. The number of imidazole rings is 1. The molecule has 0 spiro atoms. The largest absolute Gasteiger partial charge is 0.336 e. The molecule has 24 heavy (non-hydrogen) atoms. The first-order chi connectivity index (χ1) is 11.9. The van der Waals surface area contributed by atoms with Crippen LogP contribution in [0, 0.1) is 5.92 Å². The van der Waals surface area contributed by atoms with Crippen LogP contribution >= 0.6 is 11.8 Å². The lowest BCUT2D eigenvalue weighted by molar-refractivity contribution is 0.328. The summed E-state index contributed by atoms with van der Waals surface area (Å²) in [7, 11) is 0. The summed E-state index contributed by atoms with van der Waals surface area (Å²) in [5, 5.41) is 0.772. The third-order valence-corrected chi connectivity index (χ3v) is 6.82. The smallest absolute Gasteiger partial charge is 0.0946 e. The third-order valence-electron chi connectivity index (χ3n) is 5.44. The summed E-state index contributed by atoms with van der Waals surface area (Å²) < 4.78 is 2.27. The van der Waals surface area contributed by atoms with Crippen LogP contribution in [-0.2, 0) is 6.54 Å². The van der Waals surface area contributed by atoms with Crippen LogP contribution in [0.5, 0.6) is 0 Å². The molecule has 1 aromatic rings. The molecule has 0 radical (unpaired) electrons. The number of hydrogen-bond acceptors (Lipinski definition) is 2. The van der Waals surface area contributed by atoms with Gasteiger partial charge in [0.15, 0.2) is 0 Å². The Labute approximate surface area is 154 Å². The number of hydrogen-bond donors (Lipinski definition) is 0. The molecule has 0 bridgehead atoms. The minimum Gasteiger partial charge on any atom is -0.336 e. The molecular formula is C21H38N2S. The molecule has 1 saturated carbocycles. The molecule has 0 aliphatic heterocycles. The summed E-state index contributed by atoms with van der Waals surface area (Å²) in [6.07, 6.45) is 24.7. The van der Waals surface area contributed by atoms with Gasteiger partial charge in [-0.1, -0.05) is 77.6 Å². The second kappa shape index (κ2) is 12.9. The fourth-order valence-electron chi connectivity index (χ4n) is 3.92. The molecule has 1 atom stereocenters. The molecular weight excluding hydrogens is 312 g/mol. The molecule has 1 heterocycles. The van der Waals surface area contributed by atoms with Crippen molar-refractivity contribution in [1.29, 1.82) is 0 Å². The first-order valence-electron chi connectivity index (χ1n) is 10.5. The fraction of sp³-hybridized carbons (Fsp3) is 0.857. The third kappa shape index (κ3) is 8.60. The van der Waals surface area contributed by atoms with Crippen molar-refractivity contribution in [1.82, 2.24) is 9.55 Å². The lowest BCUT2D eigenvalue weighted by Crippen LogP contribution is -2.14. The fourth-order valence-corrected chi connectivity index (χ4v) is 5.24. The quantitative estimate of drug-likeness (QED) is 0.368. The van der Waals surface area contributed by atoms with E-state index in [9.17, 15) is 0 Å². The standard InChI is InChI=1S/C21H38N2S/c1-2-3-4-5-9-17-24-21(18-23-16-15-22-19-23)14-10-13-20-11-7-6-8-12-20/h15-16,19-21H,2-14,17-18H2,1H3. The Morgan fingerprint density at radius 3 is 2.67 bits per heavy atom. The van der Waals surface area contributed by atoms with E-state index in [4.69, 9.17) is 0 Å². The molecule has 1 aliphatic carbocycles. The molecule has 138 valence electrons. The Bertz CT molecular complexity index is 385. The van der Waals surface area contributed by atoms with Crippen LogP contribution in [0.4, 0.5) is 0 Å². The van der Waals surface area contributed by atoms with Gasteiger partial charge < -0.3 is 4.57 Å². The van der Waals surface area contributed by atoms with Crippen molar-refractivity contribution < 1.29 is 0 Å². The van der Waals surface area contributed by atoms with Gasteiger partial charge in [-0.25, -0.2) is 4.98 Å². The summed E-state index contributed by atoms with van der Waals surface area (Å²) in [6, 6.07) is 0. The van der Waals surface area contributed by atoms with Crippen molar-refractivity contribution in [3.63, 3.8) is 0 Å². The molecule has 1 unspecified atom stereocenters. The van der Waals surface area contributed by atoms with Crippen LogP contribution in [0.3, 0.4) is 0 Å². The van der Waals surface area contributed by atoms with Gasteiger partial charge >= 0.3 is 0 Å². The Kier molecular flexibility index (Phi) is 10.6. The highest BCUT2D eigenvalue weighted by Gasteiger charge is 2.15. The summed E-state index contributed by atoms with van der Waals surface area (Å²) >= 11 is 2.22. The van der Waals surface area contributed by atoms with E-state index in [1.807, 2.05) is 12.5 Å². The predicted octanol–water partition coefficient (Wildman–Crippen LogP) is 6.71. The van der Waals surface area contributed by atoms with E-state index in [1.165, 1.54) is 89.2 Å². The number of rotatable bonds is 13. The molecule has 2 rings (SSSR count). The molecule has 0 saturated heterocycles. The highest BCUT2D eigenvalue weighted by molar-refractivity contribution is 7.99. The molecule has 2 nitrogen and oxygen atoms in total. The lowest BCUT2D eigenvalue weighted by atomic mass is 9.85. The monoisotopic (exact) mass is 350 g/mol. The van der Waals surface area contributed by atoms with Gasteiger partial charge in [0.2, 0.25) is 0 Å². The van der Waals surface area contributed by atoms with Gasteiger partial charge in [0, 0.05) is 24.2 Å². The Morgan fingerprint density at radius 2 is 1.92 bits per heavy atom. The van der Waals surface area contributed by atoms with E-state index in [0.717, 1.165) is 17.7 Å². The highest BCUT2D eigenvalue weighted by atomic mass is 32.2. The van der Waals surface area contributed by atoms with E-state index in [-0.39, 0.29) is 0 Å². The van der Waals surface area contributed by atoms with Gasteiger partial charge in [0.05, 0.1) is 6.33 Å². The van der Waals surface area contributed by atoms with Crippen molar-refractivity contribution in [2.24, 2.45) is 5.92 Å². The van der Waals surface area contributed by atoms with E-state index in [0.29, 0.717) is 0 Å². The molecule has 1 aromatic heterocycles. The number of nitrogens with zero attached hydrogens (tertiary/aromatic N) is 2. The summed E-state index contributed by atoms with van der Waals surface area (Å²) in [5.41, 5.74) is 0. The van der Waals surface area contributed by atoms with Crippen LogP contribution in [0.2, 0.25) is 0 Å². The first kappa shape index (κ1) is 19.9. The Morgan fingerprint density at radius 1 is 1.08 bits per heavy atom. The van der Waals surface area contributed by atoms with Gasteiger partial charge in [-0.05, 0) is 24.5 Å². The van der Waals surface area contributed by atoms with E-state index in [1.54, 1.807) is 0 Å². The number of aromatic nitrogens is 2. The van der Waals surface area contributed by atoms with Gasteiger partial charge in [0.25, 0.3) is 0 Å². The van der Waals surface area contributed by atoms with Gasteiger partial charge in [-0.2, -0.15) is 11.8 Å². The molecule has 0 amide bonds. The summed E-state index contributed by atoms with van der Waals surface area (Å²) in [6.45, 7) is 3.44. The topological polar surface area (TPSA) is 17.8 Å². The second-order valence-electron chi connectivity index (χ2n) is 7.60. The maximum absolute atomic E-state index is 4.21. The Hall–Kier alpha value is -0.440. The highest BCUT2D eigenvalue weighted by Crippen LogP contribution is 2.29. The van der Waals surface area contributed by atoms with Crippen LogP contribution in [0.25, 0.3) is 0 Å². The number of thioether (sulfide) groups is 1. The van der Waals surface area contributed by atoms with Gasteiger partial charge in [-0.3, -0.25) is 0 Å². The zero-order valence-corrected chi connectivity index (χ0v) is 16.6. The van der Waals surface area contributed by atoms with Crippen molar-refractivity contribution in [3.8, 4) is 0 Å². The van der Waals surface area contributed by atoms with Crippen molar-refractivity contribution in [2.75, 3.05) is 5.75 Å². The predicted molar refractivity (Wildman–Crippen MR) is 108 cm³/mol. The van der Waals surface area contributed by atoms with Crippen molar-refractivity contribution >= 4 is 11.8 Å². The van der Waals surface area contributed by atoms with Crippen LogP contribution in [0.15, 0.2) is 18.7 Å². The molecule has 3 heteroatoms. The maximum Gasteiger partial charge on any atom is 0.0946 e. The molecule has 0 aromatic carbocycles. The summed E-state index contributed by atoms with van der Waals surface area (Å²) in [5.74, 6) is 2.37. The van der Waals surface area contributed by atoms with Gasteiger partial charge in [-0.15, -0.1) is 0 Å². The minimum atomic E-state index is 0.772. The Balaban J connectivity index is 1.64. The van der Waals surface area contributed by atoms with Crippen molar-refractivity contribution in [3.05, 3.63) is 18.7 Å². The minimum absolute atomic E-state index is 0.772. The van der Waals surface area contributed by atoms with Crippen molar-refractivity contribution in [2.45, 2.75) is 102 Å². The zero-order chi connectivity index (χ0) is 16.9. The maximum atomic E-state index is 4.21. The summed E-state index contributed by atoms with van der Waals surface area (Å²) in [4.78, 5) is 4.21. The normalized spacial score (nSPS) is 17.2. The molecule has 0 N–H and O–H groups in total. The average Bonchev–Trinajstić information content (AvgIpc) is 3.12. The SMILES string of the molecule is CCCCCCCSC(CCCC1CCCCC1)Cn1ccnc1. The van der Waals surface area contributed by atoms with Crippen LogP contribution in [-0.4, -0.2) is 20.6 Å². The number of unbranched alkanes of at least 4 members (excludes halogenated alkanes) is 4. The van der Waals surface area contributed by atoms with Crippen LogP contribution < -0.4 is 0 Å². The van der Waals surface area contributed by atoms with Crippen LogP contribution in [0.1, 0.15) is 90.4 Å². The van der Waals surface area contributed by atoms with Gasteiger partial charge in [0.1, 0.15) is 0 Å².